The minimum atomic E-state index is 0. The molecule has 7 heteroatoms. The number of halogens is 1. The van der Waals surface area contributed by atoms with Gasteiger partial charge in [0.1, 0.15) is 0 Å². The molecule has 132 valence electrons. The van der Waals surface area contributed by atoms with Crippen LogP contribution in [-0.2, 0) is 20.7 Å². The van der Waals surface area contributed by atoms with Gasteiger partial charge in [-0.1, -0.05) is 12.1 Å². The third kappa shape index (κ3) is 4.93. The molecule has 2 aliphatic heterocycles. The van der Waals surface area contributed by atoms with Gasteiger partial charge in [-0.25, -0.2) is 0 Å². The summed E-state index contributed by atoms with van der Waals surface area (Å²) in [6, 6.07) is 7.53. The summed E-state index contributed by atoms with van der Waals surface area (Å²) in [5.41, 5.74) is 1.74. The lowest BCUT2D eigenvalue weighted by Crippen LogP contribution is -2.41. The molecule has 24 heavy (non-hydrogen) atoms. The molecule has 2 fully saturated rings. The minimum Gasteiger partial charge on any atom is -0.378 e. The monoisotopic (exact) mass is 353 g/mol. The van der Waals surface area contributed by atoms with Crippen molar-refractivity contribution in [1.82, 2.24) is 10.2 Å². The molecule has 0 spiro atoms. The van der Waals surface area contributed by atoms with Crippen molar-refractivity contribution in [3.8, 4) is 0 Å². The second-order valence-electron chi connectivity index (χ2n) is 6.05. The first kappa shape index (κ1) is 18.7. The number of benzene rings is 1. The molecule has 2 aliphatic rings. The number of carbonyl (C=O) groups excluding carboxylic acids is 2. The largest absolute Gasteiger partial charge is 0.378 e. The third-order valence-electron chi connectivity index (χ3n) is 4.37. The molecule has 2 saturated heterocycles. The number of rotatable bonds is 4. The van der Waals surface area contributed by atoms with Crippen LogP contribution >= 0.6 is 12.4 Å². The van der Waals surface area contributed by atoms with E-state index in [-0.39, 0.29) is 30.1 Å². The zero-order chi connectivity index (χ0) is 16.1. The molecule has 1 aromatic carbocycles. The lowest BCUT2D eigenvalue weighted by atomic mass is 10.1. The summed E-state index contributed by atoms with van der Waals surface area (Å²) in [6.45, 7) is 4.23. The third-order valence-corrected chi connectivity index (χ3v) is 4.37. The van der Waals surface area contributed by atoms with Gasteiger partial charge in [0.05, 0.1) is 25.6 Å². The number of nitrogens with one attached hydrogen (secondary N) is 2. The number of amides is 2. The van der Waals surface area contributed by atoms with E-state index in [9.17, 15) is 9.59 Å². The van der Waals surface area contributed by atoms with Crippen LogP contribution in [0.15, 0.2) is 24.3 Å². The first-order valence-corrected chi connectivity index (χ1v) is 8.18. The number of hydrogen-bond acceptors (Lipinski definition) is 4. The van der Waals surface area contributed by atoms with Crippen LogP contribution in [0.3, 0.4) is 0 Å². The summed E-state index contributed by atoms with van der Waals surface area (Å²) >= 11 is 0. The predicted molar refractivity (Wildman–Crippen MR) is 94.4 cm³/mol. The molecule has 2 heterocycles. The van der Waals surface area contributed by atoms with Gasteiger partial charge in [0, 0.05) is 25.3 Å². The normalized spacial score (nSPS) is 20.3. The topological polar surface area (TPSA) is 70.7 Å². The Hall–Kier alpha value is -1.63. The number of carbonyl (C=O) groups is 2. The molecule has 1 unspecified atom stereocenters. The maximum absolute atomic E-state index is 12.2. The number of morpholine rings is 1. The van der Waals surface area contributed by atoms with Gasteiger partial charge in [-0.2, -0.15) is 0 Å². The van der Waals surface area contributed by atoms with Gasteiger partial charge in [0.2, 0.25) is 11.8 Å². The Morgan fingerprint density at radius 3 is 2.54 bits per heavy atom. The first-order valence-electron chi connectivity index (χ1n) is 8.18. The van der Waals surface area contributed by atoms with Crippen LogP contribution in [0.25, 0.3) is 0 Å². The lowest BCUT2D eigenvalue weighted by molar-refractivity contribution is -0.134. The molecule has 0 aromatic heterocycles. The highest BCUT2D eigenvalue weighted by Gasteiger charge is 2.22. The van der Waals surface area contributed by atoms with Crippen molar-refractivity contribution in [2.75, 3.05) is 44.7 Å². The van der Waals surface area contributed by atoms with Gasteiger partial charge < -0.3 is 20.3 Å². The van der Waals surface area contributed by atoms with Crippen molar-refractivity contribution in [1.29, 1.82) is 0 Å². The molecule has 0 bridgehead atoms. The van der Waals surface area contributed by atoms with Crippen LogP contribution in [0, 0.1) is 5.92 Å². The fourth-order valence-corrected chi connectivity index (χ4v) is 2.93. The number of ether oxygens (including phenoxy) is 1. The fraction of sp³-hybridized carbons (Fsp3) is 0.529. The van der Waals surface area contributed by atoms with E-state index in [1.807, 2.05) is 29.2 Å². The van der Waals surface area contributed by atoms with Crippen LogP contribution in [-0.4, -0.2) is 56.1 Å². The Bertz CT molecular complexity index is 553. The van der Waals surface area contributed by atoms with Crippen molar-refractivity contribution in [3.63, 3.8) is 0 Å². The second kappa shape index (κ2) is 9.01. The molecule has 0 aliphatic carbocycles. The summed E-state index contributed by atoms with van der Waals surface area (Å²) in [6.07, 6.45) is 1.28. The van der Waals surface area contributed by atoms with E-state index in [1.165, 1.54) is 0 Å². The van der Waals surface area contributed by atoms with E-state index in [4.69, 9.17) is 4.74 Å². The standard InChI is InChI=1S/C17H23N3O3.ClH/c21-16(20-7-9-23-10-8-20)11-13-1-3-15(4-2-13)19-17(22)14-5-6-18-12-14;/h1-4,14,18H,5-12H2,(H,19,22);1H. The Labute approximate surface area is 148 Å². The molecule has 1 aromatic rings. The van der Waals surface area contributed by atoms with Crippen molar-refractivity contribution in [3.05, 3.63) is 29.8 Å². The van der Waals surface area contributed by atoms with Crippen LogP contribution in [0.2, 0.25) is 0 Å². The Morgan fingerprint density at radius 2 is 1.92 bits per heavy atom. The molecular weight excluding hydrogens is 330 g/mol. The van der Waals surface area contributed by atoms with E-state index in [1.54, 1.807) is 0 Å². The Morgan fingerprint density at radius 1 is 1.21 bits per heavy atom. The van der Waals surface area contributed by atoms with Crippen LogP contribution in [0.4, 0.5) is 5.69 Å². The second-order valence-corrected chi connectivity index (χ2v) is 6.05. The molecule has 0 radical (unpaired) electrons. The average Bonchev–Trinajstić information content (AvgIpc) is 3.12. The van der Waals surface area contributed by atoms with Gasteiger partial charge in [0.15, 0.2) is 0 Å². The summed E-state index contributed by atoms with van der Waals surface area (Å²) in [5, 5.41) is 6.13. The Kier molecular flexibility index (Phi) is 7.02. The van der Waals surface area contributed by atoms with Crippen LogP contribution in [0.1, 0.15) is 12.0 Å². The molecule has 6 nitrogen and oxygen atoms in total. The van der Waals surface area contributed by atoms with E-state index in [2.05, 4.69) is 10.6 Å². The smallest absolute Gasteiger partial charge is 0.228 e. The molecule has 2 amide bonds. The SMILES string of the molecule is Cl.O=C(Nc1ccc(CC(=O)N2CCOCC2)cc1)C1CCNC1. The van der Waals surface area contributed by atoms with Crippen molar-refractivity contribution in [2.24, 2.45) is 5.92 Å². The highest BCUT2D eigenvalue weighted by Crippen LogP contribution is 2.15. The average molecular weight is 354 g/mol. The zero-order valence-corrected chi connectivity index (χ0v) is 14.4. The summed E-state index contributed by atoms with van der Waals surface area (Å²) < 4.78 is 5.26. The highest BCUT2D eigenvalue weighted by molar-refractivity contribution is 5.93. The molecule has 3 rings (SSSR count). The molecule has 2 N–H and O–H groups in total. The van der Waals surface area contributed by atoms with Gasteiger partial charge >= 0.3 is 0 Å². The number of nitrogens with zero attached hydrogens (tertiary/aromatic N) is 1. The number of anilines is 1. The maximum atomic E-state index is 12.2. The van der Waals surface area contributed by atoms with E-state index < -0.39 is 0 Å². The lowest BCUT2D eigenvalue weighted by Gasteiger charge is -2.26. The number of hydrogen-bond donors (Lipinski definition) is 2. The molecule has 1 atom stereocenters. The van der Waals surface area contributed by atoms with Gasteiger partial charge in [-0.15, -0.1) is 12.4 Å². The summed E-state index contributed by atoms with van der Waals surface area (Å²) in [7, 11) is 0. The zero-order valence-electron chi connectivity index (χ0n) is 13.6. The van der Waals surface area contributed by atoms with Crippen molar-refractivity contribution >= 4 is 29.9 Å². The van der Waals surface area contributed by atoms with E-state index >= 15 is 0 Å². The van der Waals surface area contributed by atoms with Crippen molar-refractivity contribution in [2.45, 2.75) is 12.8 Å². The minimum absolute atomic E-state index is 0. The van der Waals surface area contributed by atoms with Gasteiger partial charge in [0.25, 0.3) is 0 Å². The first-order chi connectivity index (χ1) is 11.2. The summed E-state index contributed by atoms with van der Waals surface area (Å²) in [4.78, 5) is 26.1. The predicted octanol–water partition coefficient (Wildman–Crippen LogP) is 1.06. The quantitative estimate of drug-likeness (QED) is 0.849. The van der Waals surface area contributed by atoms with Gasteiger partial charge in [-0.3, -0.25) is 9.59 Å². The van der Waals surface area contributed by atoms with Crippen molar-refractivity contribution < 1.29 is 14.3 Å². The van der Waals surface area contributed by atoms with Crippen LogP contribution in [0.5, 0.6) is 0 Å². The van der Waals surface area contributed by atoms with Crippen LogP contribution < -0.4 is 10.6 Å². The van der Waals surface area contributed by atoms with E-state index in [0.29, 0.717) is 32.7 Å². The fourth-order valence-electron chi connectivity index (χ4n) is 2.93. The summed E-state index contributed by atoms with van der Waals surface area (Å²) in [5.74, 6) is 0.242. The molecule has 0 saturated carbocycles. The maximum Gasteiger partial charge on any atom is 0.228 e. The highest BCUT2D eigenvalue weighted by atomic mass is 35.5. The molecular formula is C17H24ClN3O3. The van der Waals surface area contributed by atoms with Gasteiger partial charge in [-0.05, 0) is 30.7 Å². The Balaban J connectivity index is 0.00000208. The van der Waals surface area contributed by atoms with E-state index in [0.717, 1.165) is 30.8 Å².